The molecule has 1 aliphatic rings. The molecule has 0 aromatic heterocycles. The zero-order valence-electron chi connectivity index (χ0n) is 13.2. The summed E-state index contributed by atoms with van der Waals surface area (Å²) in [5, 5.41) is 4.12. The topological polar surface area (TPSA) is 61.4 Å². The molecule has 2 N–H and O–H groups in total. The minimum atomic E-state index is -4.52. The summed E-state index contributed by atoms with van der Waals surface area (Å²) in [5.41, 5.74) is -0.584. The van der Waals surface area contributed by atoms with Crippen molar-refractivity contribution in [2.75, 3.05) is 19.6 Å². The highest BCUT2D eigenvalue weighted by Crippen LogP contribution is 2.30. The zero-order chi connectivity index (χ0) is 17.0. The Labute approximate surface area is 128 Å². The molecule has 5 nitrogen and oxygen atoms in total. The highest BCUT2D eigenvalue weighted by molar-refractivity contribution is 5.84. The standard InChI is InChI=1S/C14H24F3N3O2/c1-13(2,3)8-10(14(15,16)17)19-12(22)18-9-11(21)20-6-4-5-7-20/h10H,4-9H2,1-3H3,(H2,18,19,22). The summed E-state index contributed by atoms with van der Waals surface area (Å²) >= 11 is 0. The van der Waals surface area contributed by atoms with E-state index >= 15 is 0 Å². The van der Waals surface area contributed by atoms with Crippen LogP contribution >= 0.6 is 0 Å². The SMILES string of the molecule is CC(C)(C)CC(NC(=O)NCC(=O)N1CCCC1)C(F)(F)F. The van der Waals surface area contributed by atoms with Gasteiger partial charge in [-0.2, -0.15) is 13.2 Å². The van der Waals surface area contributed by atoms with Gasteiger partial charge in [-0.25, -0.2) is 4.79 Å². The zero-order valence-corrected chi connectivity index (χ0v) is 13.2. The van der Waals surface area contributed by atoms with Gasteiger partial charge in [-0.05, 0) is 24.7 Å². The molecule has 0 aliphatic carbocycles. The predicted octanol–water partition coefficient (Wildman–Crippen LogP) is 2.28. The highest BCUT2D eigenvalue weighted by atomic mass is 19.4. The van der Waals surface area contributed by atoms with E-state index in [9.17, 15) is 22.8 Å². The van der Waals surface area contributed by atoms with Crippen LogP contribution in [0.4, 0.5) is 18.0 Å². The van der Waals surface area contributed by atoms with Crippen LogP contribution < -0.4 is 10.6 Å². The molecule has 22 heavy (non-hydrogen) atoms. The molecule has 0 spiro atoms. The molecule has 1 unspecified atom stereocenters. The first kappa shape index (κ1) is 18.6. The lowest BCUT2D eigenvalue weighted by atomic mass is 9.88. The van der Waals surface area contributed by atoms with Crippen LogP contribution in [-0.2, 0) is 4.79 Å². The first-order chi connectivity index (χ1) is 9.99. The molecule has 1 saturated heterocycles. The maximum Gasteiger partial charge on any atom is 0.408 e. The van der Waals surface area contributed by atoms with Crippen molar-refractivity contribution in [3.8, 4) is 0 Å². The normalized spacial score (nSPS) is 17.3. The molecule has 0 bridgehead atoms. The second-order valence-corrected chi connectivity index (χ2v) is 6.77. The maximum atomic E-state index is 12.9. The van der Waals surface area contributed by atoms with E-state index in [2.05, 4.69) is 5.32 Å². The molecule has 0 aromatic carbocycles. The molecule has 1 aliphatic heterocycles. The van der Waals surface area contributed by atoms with Gasteiger partial charge in [-0.15, -0.1) is 0 Å². The van der Waals surface area contributed by atoms with Gasteiger partial charge < -0.3 is 15.5 Å². The lowest BCUT2D eigenvalue weighted by Crippen LogP contribution is -2.52. The third-order valence-electron chi connectivity index (χ3n) is 3.38. The van der Waals surface area contributed by atoms with Crippen LogP contribution in [0.25, 0.3) is 0 Å². The van der Waals surface area contributed by atoms with Crippen LogP contribution in [0.5, 0.6) is 0 Å². The molecular formula is C14H24F3N3O2. The van der Waals surface area contributed by atoms with Crippen molar-refractivity contribution < 1.29 is 22.8 Å². The molecule has 0 aromatic rings. The number of hydrogen-bond acceptors (Lipinski definition) is 2. The first-order valence-electron chi connectivity index (χ1n) is 7.38. The van der Waals surface area contributed by atoms with Crippen LogP contribution in [-0.4, -0.2) is 48.7 Å². The lowest BCUT2D eigenvalue weighted by molar-refractivity contribution is -0.159. The van der Waals surface area contributed by atoms with Crippen molar-refractivity contribution >= 4 is 11.9 Å². The molecule has 0 radical (unpaired) electrons. The monoisotopic (exact) mass is 323 g/mol. The average molecular weight is 323 g/mol. The van der Waals surface area contributed by atoms with Crippen LogP contribution in [0, 0.1) is 5.41 Å². The first-order valence-corrected chi connectivity index (χ1v) is 7.38. The van der Waals surface area contributed by atoms with Crippen molar-refractivity contribution in [2.24, 2.45) is 5.41 Å². The predicted molar refractivity (Wildman–Crippen MR) is 76.3 cm³/mol. The van der Waals surface area contributed by atoms with E-state index < -0.39 is 23.7 Å². The van der Waals surface area contributed by atoms with E-state index in [1.165, 1.54) is 0 Å². The van der Waals surface area contributed by atoms with Gasteiger partial charge in [-0.3, -0.25) is 4.79 Å². The molecule has 1 rings (SSSR count). The van der Waals surface area contributed by atoms with Gasteiger partial charge in [0.15, 0.2) is 0 Å². The Bertz CT molecular complexity index is 399. The van der Waals surface area contributed by atoms with Crippen molar-refractivity contribution in [3.05, 3.63) is 0 Å². The summed E-state index contributed by atoms with van der Waals surface area (Å²) in [6, 6.07) is -2.91. The number of hydrogen-bond donors (Lipinski definition) is 2. The van der Waals surface area contributed by atoms with Gasteiger partial charge in [0.2, 0.25) is 5.91 Å². The Morgan fingerprint density at radius 2 is 1.68 bits per heavy atom. The molecule has 1 fully saturated rings. The fraction of sp³-hybridized carbons (Fsp3) is 0.857. The number of nitrogens with one attached hydrogen (secondary N) is 2. The average Bonchev–Trinajstić information content (AvgIpc) is 2.86. The molecule has 8 heteroatoms. The number of alkyl halides is 3. The number of halogens is 3. The quantitative estimate of drug-likeness (QED) is 0.834. The van der Waals surface area contributed by atoms with Gasteiger partial charge in [0.05, 0.1) is 6.54 Å². The van der Waals surface area contributed by atoms with E-state index in [-0.39, 0.29) is 18.9 Å². The minimum absolute atomic E-state index is 0.232. The number of amides is 3. The third-order valence-corrected chi connectivity index (χ3v) is 3.38. The number of urea groups is 1. The smallest absolute Gasteiger partial charge is 0.341 e. The van der Waals surface area contributed by atoms with Gasteiger partial charge in [0.1, 0.15) is 6.04 Å². The number of rotatable bonds is 4. The Balaban J connectivity index is 2.47. The third kappa shape index (κ3) is 6.53. The van der Waals surface area contributed by atoms with Gasteiger partial charge in [0, 0.05) is 13.1 Å². The number of likely N-dealkylation sites (tertiary alicyclic amines) is 1. The summed E-state index contributed by atoms with van der Waals surface area (Å²) in [7, 11) is 0. The lowest BCUT2D eigenvalue weighted by Gasteiger charge is -2.28. The fourth-order valence-corrected chi connectivity index (χ4v) is 2.30. The van der Waals surface area contributed by atoms with Crippen molar-refractivity contribution in [1.82, 2.24) is 15.5 Å². The molecule has 1 atom stereocenters. The van der Waals surface area contributed by atoms with Crippen molar-refractivity contribution in [3.63, 3.8) is 0 Å². The Hall–Kier alpha value is -1.47. The summed E-state index contributed by atoms with van der Waals surface area (Å²) in [5.74, 6) is -0.271. The van der Waals surface area contributed by atoms with Gasteiger partial charge in [-0.1, -0.05) is 20.8 Å². The minimum Gasteiger partial charge on any atom is -0.341 e. The van der Waals surface area contributed by atoms with E-state index in [0.29, 0.717) is 13.1 Å². The number of nitrogens with zero attached hydrogens (tertiary/aromatic N) is 1. The van der Waals surface area contributed by atoms with E-state index in [0.717, 1.165) is 12.8 Å². The molecule has 0 saturated carbocycles. The Morgan fingerprint density at radius 1 is 1.14 bits per heavy atom. The number of carbonyl (C=O) groups is 2. The second-order valence-electron chi connectivity index (χ2n) is 6.77. The highest BCUT2D eigenvalue weighted by Gasteiger charge is 2.42. The van der Waals surface area contributed by atoms with E-state index in [4.69, 9.17) is 0 Å². The molecule has 128 valence electrons. The number of carbonyl (C=O) groups excluding carboxylic acids is 2. The van der Waals surface area contributed by atoms with Crippen LogP contribution in [0.3, 0.4) is 0 Å². The fourth-order valence-electron chi connectivity index (χ4n) is 2.30. The van der Waals surface area contributed by atoms with Crippen LogP contribution in [0.2, 0.25) is 0 Å². The molecule has 3 amide bonds. The van der Waals surface area contributed by atoms with Gasteiger partial charge in [0.25, 0.3) is 0 Å². The van der Waals surface area contributed by atoms with E-state index in [1.54, 1.807) is 25.7 Å². The van der Waals surface area contributed by atoms with Crippen LogP contribution in [0.1, 0.15) is 40.0 Å². The summed E-state index contributed by atoms with van der Waals surface area (Å²) < 4.78 is 38.8. The summed E-state index contributed by atoms with van der Waals surface area (Å²) in [6.45, 7) is 5.99. The molecular weight excluding hydrogens is 299 g/mol. The largest absolute Gasteiger partial charge is 0.408 e. The summed E-state index contributed by atoms with van der Waals surface area (Å²) in [4.78, 5) is 24.9. The van der Waals surface area contributed by atoms with Gasteiger partial charge >= 0.3 is 12.2 Å². The maximum absolute atomic E-state index is 12.9. The Morgan fingerprint density at radius 3 is 2.14 bits per heavy atom. The van der Waals surface area contributed by atoms with Crippen molar-refractivity contribution in [1.29, 1.82) is 0 Å². The second kappa shape index (κ2) is 7.19. The van der Waals surface area contributed by atoms with Crippen molar-refractivity contribution in [2.45, 2.75) is 52.3 Å². The Kier molecular flexibility index (Phi) is 6.08. The van der Waals surface area contributed by atoms with Crippen LogP contribution in [0.15, 0.2) is 0 Å². The molecule has 1 heterocycles. The summed E-state index contributed by atoms with van der Waals surface area (Å²) in [6.07, 6.45) is -2.92. The van der Waals surface area contributed by atoms with E-state index in [1.807, 2.05) is 5.32 Å².